The molecule has 2 heterocycles. The van der Waals surface area contributed by atoms with Crippen LogP contribution in [0.3, 0.4) is 0 Å². The number of nitrogens with two attached hydrogens (primary N) is 1. The Hall–Kier alpha value is -3.29. The molecule has 1 aromatic carbocycles. The number of benzene rings is 1. The first-order chi connectivity index (χ1) is 12.3. The molecule has 136 valence electrons. The highest BCUT2D eigenvalue weighted by molar-refractivity contribution is 6.16. The van der Waals surface area contributed by atoms with Gasteiger partial charge in [0.15, 0.2) is 5.41 Å². The van der Waals surface area contributed by atoms with Crippen molar-refractivity contribution in [2.24, 2.45) is 5.73 Å². The van der Waals surface area contributed by atoms with Crippen molar-refractivity contribution in [3.8, 4) is 0 Å². The zero-order valence-corrected chi connectivity index (χ0v) is 14.8. The Bertz CT molecular complexity index is 901. The summed E-state index contributed by atoms with van der Waals surface area (Å²) in [5.74, 6) is -2.39. The SMILES string of the molecule is COC(=O)C1=C(C)OC(=O)C12C(C(=O)OC)=C(N)N(C)c1ccccc12. The van der Waals surface area contributed by atoms with Crippen molar-refractivity contribution in [3.05, 3.63) is 52.6 Å². The zero-order chi connectivity index (χ0) is 19.2. The quantitative estimate of drug-likeness (QED) is 0.609. The normalized spacial score (nSPS) is 21.7. The van der Waals surface area contributed by atoms with Gasteiger partial charge in [-0.15, -0.1) is 0 Å². The summed E-state index contributed by atoms with van der Waals surface area (Å²) in [6.45, 7) is 1.46. The molecular weight excluding hydrogens is 340 g/mol. The molecule has 0 saturated heterocycles. The lowest BCUT2D eigenvalue weighted by Crippen LogP contribution is -2.49. The second kappa shape index (κ2) is 5.91. The van der Waals surface area contributed by atoms with Crippen LogP contribution in [0, 0.1) is 0 Å². The summed E-state index contributed by atoms with van der Waals surface area (Å²) in [6, 6.07) is 6.83. The number of nitrogens with zero attached hydrogens (tertiary/aromatic N) is 1. The van der Waals surface area contributed by atoms with Gasteiger partial charge in [0.1, 0.15) is 22.7 Å². The van der Waals surface area contributed by atoms with Gasteiger partial charge in [-0.2, -0.15) is 0 Å². The molecule has 2 aliphatic rings. The van der Waals surface area contributed by atoms with E-state index in [9.17, 15) is 14.4 Å². The predicted octanol–water partition coefficient (Wildman–Crippen LogP) is 0.721. The van der Waals surface area contributed by atoms with Gasteiger partial charge in [-0.1, -0.05) is 18.2 Å². The number of allylic oxidation sites excluding steroid dienone is 1. The van der Waals surface area contributed by atoms with E-state index < -0.39 is 23.3 Å². The summed E-state index contributed by atoms with van der Waals surface area (Å²) in [5.41, 5.74) is 5.04. The number of methoxy groups -OCH3 is 2. The Morgan fingerprint density at radius 1 is 1.12 bits per heavy atom. The fourth-order valence-corrected chi connectivity index (χ4v) is 3.57. The van der Waals surface area contributed by atoms with E-state index in [1.54, 1.807) is 36.2 Å². The first-order valence-electron chi connectivity index (χ1n) is 7.76. The minimum Gasteiger partial charge on any atom is -0.466 e. The summed E-state index contributed by atoms with van der Waals surface area (Å²) < 4.78 is 15.0. The minimum atomic E-state index is -1.85. The van der Waals surface area contributed by atoms with E-state index in [0.717, 1.165) is 0 Å². The maximum absolute atomic E-state index is 13.1. The maximum Gasteiger partial charge on any atom is 0.339 e. The van der Waals surface area contributed by atoms with Crippen molar-refractivity contribution < 1.29 is 28.6 Å². The van der Waals surface area contributed by atoms with E-state index in [1.165, 1.54) is 21.1 Å². The number of carbonyl (C=O) groups excluding carboxylic acids is 3. The van der Waals surface area contributed by atoms with Crippen molar-refractivity contribution in [2.75, 3.05) is 26.2 Å². The van der Waals surface area contributed by atoms with Crippen molar-refractivity contribution >= 4 is 23.6 Å². The predicted molar refractivity (Wildman–Crippen MR) is 90.6 cm³/mol. The van der Waals surface area contributed by atoms with E-state index in [-0.39, 0.29) is 22.7 Å². The molecule has 26 heavy (non-hydrogen) atoms. The molecule has 0 radical (unpaired) electrons. The van der Waals surface area contributed by atoms with Gasteiger partial charge in [-0.3, -0.25) is 0 Å². The largest absolute Gasteiger partial charge is 0.466 e. The Morgan fingerprint density at radius 3 is 2.31 bits per heavy atom. The van der Waals surface area contributed by atoms with Gasteiger partial charge < -0.3 is 24.8 Å². The number of anilines is 1. The topological polar surface area (TPSA) is 108 Å². The highest BCUT2D eigenvalue weighted by atomic mass is 16.6. The Labute approximate surface area is 149 Å². The lowest BCUT2D eigenvalue weighted by atomic mass is 9.66. The summed E-state index contributed by atoms with van der Waals surface area (Å²) in [7, 11) is 4.01. The number of rotatable bonds is 2. The number of fused-ring (bicyclic) bond motifs is 2. The lowest BCUT2D eigenvalue weighted by Gasteiger charge is -2.39. The molecule has 0 aromatic heterocycles. The van der Waals surface area contributed by atoms with Gasteiger partial charge in [0, 0.05) is 18.3 Å². The molecule has 8 heteroatoms. The number of hydrogen-bond acceptors (Lipinski definition) is 8. The molecule has 1 unspecified atom stereocenters. The van der Waals surface area contributed by atoms with Crippen LogP contribution >= 0.6 is 0 Å². The van der Waals surface area contributed by atoms with Crippen LogP contribution in [0.4, 0.5) is 5.69 Å². The van der Waals surface area contributed by atoms with E-state index in [0.29, 0.717) is 11.3 Å². The van der Waals surface area contributed by atoms with Gasteiger partial charge in [0.2, 0.25) is 0 Å². The summed E-state index contributed by atoms with van der Waals surface area (Å²) in [6.07, 6.45) is 0. The fourth-order valence-electron chi connectivity index (χ4n) is 3.57. The molecule has 3 rings (SSSR count). The van der Waals surface area contributed by atoms with E-state index >= 15 is 0 Å². The highest BCUT2D eigenvalue weighted by Crippen LogP contribution is 2.53. The lowest BCUT2D eigenvalue weighted by molar-refractivity contribution is -0.146. The van der Waals surface area contributed by atoms with Gasteiger partial charge >= 0.3 is 17.9 Å². The Kier molecular flexibility index (Phi) is 3.98. The second-order valence-electron chi connectivity index (χ2n) is 5.89. The van der Waals surface area contributed by atoms with Gasteiger partial charge in [0.25, 0.3) is 0 Å². The number of hydrogen-bond donors (Lipinski definition) is 1. The third kappa shape index (κ3) is 1.98. The minimum absolute atomic E-state index is 0.0106. The molecule has 0 aliphatic carbocycles. The van der Waals surface area contributed by atoms with E-state index in [2.05, 4.69) is 0 Å². The number of cyclic esters (lactones) is 1. The third-order valence-corrected chi connectivity index (χ3v) is 4.72. The molecule has 0 amide bonds. The van der Waals surface area contributed by atoms with Crippen molar-refractivity contribution in [2.45, 2.75) is 12.3 Å². The highest BCUT2D eigenvalue weighted by Gasteiger charge is 2.63. The van der Waals surface area contributed by atoms with Crippen LogP contribution in [0.5, 0.6) is 0 Å². The third-order valence-electron chi connectivity index (χ3n) is 4.72. The second-order valence-corrected chi connectivity index (χ2v) is 5.89. The molecule has 2 aliphatic heterocycles. The number of esters is 3. The first kappa shape index (κ1) is 17.5. The molecule has 1 atom stereocenters. The average molecular weight is 358 g/mol. The van der Waals surface area contributed by atoms with Gasteiger partial charge in [-0.05, 0) is 13.0 Å². The standard InChI is InChI=1S/C18H18N2O6/c1-9-12(15(21)24-3)18(17(23)26-9)10-7-5-6-8-11(10)20(2)14(19)13(18)16(22)25-4/h5-8H,19H2,1-4H3. The van der Waals surface area contributed by atoms with Gasteiger partial charge in [-0.25, -0.2) is 14.4 Å². The first-order valence-corrected chi connectivity index (χ1v) is 7.76. The molecule has 8 nitrogen and oxygen atoms in total. The van der Waals surface area contributed by atoms with Crippen LogP contribution in [0.2, 0.25) is 0 Å². The van der Waals surface area contributed by atoms with E-state index in [4.69, 9.17) is 19.9 Å². The molecule has 2 N–H and O–H groups in total. The van der Waals surface area contributed by atoms with Crippen LogP contribution in [-0.2, 0) is 34.0 Å². The smallest absolute Gasteiger partial charge is 0.339 e. The average Bonchev–Trinajstić information content (AvgIpc) is 2.90. The fraction of sp³-hybridized carbons (Fsp3) is 0.278. The van der Waals surface area contributed by atoms with Crippen LogP contribution in [0.25, 0.3) is 0 Å². The van der Waals surface area contributed by atoms with Crippen molar-refractivity contribution in [1.29, 1.82) is 0 Å². The summed E-state index contributed by atoms with van der Waals surface area (Å²) >= 11 is 0. The number of carbonyl (C=O) groups is 3. The molecule has 1 aromatic rings. The molecule has 0 saturated carbocycles. The molecule has 0 bridgehead atoms. The Morgan fingerprint density at radius 2 is 1.69 bits per heavy atom. The Balaban J connectivity index is 2.49. The van der Waals surface area contributed by atoms with Crippen LogP contribution in [0.15, 0.2) is 47.0 Å². The number of ether oxygens (including phenoxy) is 3. The van der Waals surface area contributed by atoms with Gasteiger partial charge in [0.05, 0.1) is 14.2 Å². The molecular formula is C18H18N2O6. The van der Waals surface area contributed by atoms with E-state index in [1.807, 2.05) is 0 Å². The molecule has 0 fully saturated rings. The summed E-state index contributed by atoms with van der Waals surface area (Å²) in [4.78, 5) is 39.8. The molecule has 1 spiro atoms. The van der Waals surface area contributed by atoms with Crippen molar-refractivity contribution in [1.82, 2.24) is 0 Å². The van der Waals surface area contributed by atoms with Crippen molar-refractivity contribution in [3.63, 3.8) is 0 Å². The van der Waals surface area contributed by atoms with Crippen LogP contribution in [0.1, 0.15) is 12.5 Å². The summed E-state index contributed by atoms with van der Waals surface area (Å²) in [5, 5.41) is 0. The van der Waals surface area contributed by atoms with Crippen LogP contribution < -0.4 is 10.6 Å². The van der Waals surface area contributed by atoms with Crippen LogP contribution in [-0.4, -0.2) is 39.2 Å². The number of para-hydroxylation sites is 1. The zero-order valence-electron chi connectivity index (χ0n) is 14.8. The monoisotopic (exact) mass is 358 g/mol. The maximum atomic E-state index is 13.1.